The first-order chi connectivity index (χ1) is 19.3. The van der Waals surface area contributed by atoms with Crippen molar-refractivity contribution >= 4 is 38.6 Å². The van der Waals surface area contributed by atoms with E-state index in [1.807, 2.05) is 37.3 Å². The molecule has 2 amide bonds. The number of oxazole rings is 1. The van der Waals surface area contributed by atoms with E-state index in [9.17, 15) is 18.0 Å². The van der Waals surface area contributed by atoms with E-state index in [1.54, 1.807) is 60.7 Å². The molecule has 1 unspecified atom stereocenters. The average molecular weight is 552 g/mol. The van der Waals surface area contributed by atoms with Crippen molar-refractivity contribution in [2.75, 3.05) is 4.90 Å². The highest BCUT2D eigenvalue weighted by atomic mass is 32.2. The van der Waals surface area contributed by atoms with Crippen LogP contribution < -0.4 is 4.90 Å². The fourth-order valence-corrected chi connectivity index (χ4v) is 6.40. The Hall–Kier alpha value is -4.60. The summed E-state index contributed by atoms with van der Waals surface area (Å²) in [6.07, 6.45) is -0.260. The number of hydrogen-bond donors (Lipinski definition) is 0. The number of carbonyl (C=O) groups excluding carboxylic acids is 2. The first kappa shape index (κ1) is 25.7. The molecule has 1 fully saturated rings. The highest BCUT2D eigenvalue weighted by Crippen LogP contribution is 2.32. The summed E-state index contributed by atoms with van der Waals surface area (Å²) in [6, 6.07) is 28.4. The summed E-state index contributed by atoms with van der Waals surface area (Å²) in [5.74, 6) is -0.643. The first-order valence-electron chi connectivity index (χ1n) is 12.8. The van der Waals surface area contributed by atoms with Crippen LogP contribution in [0.1, 0.15) is 17.5 Å². The maximum atomic E-state index is 13.8. The van der Waals surface area contributed by atoms with Crippen molar-refractivity contribution in [3.8, 4) is 11.5 Å². The summed E-state index contributed by atoms with van der Waals surface area (Å²) < 4.78 is 34.6. The summed E-state index contributed by atoms with van der Waals surface area (Å²) in [7, 11) is -4.10. The predicted octanol–water partition coefficient (Wildman–Crippen LogP) is 5.33. The molecular weight excluding hydrogens is 526 g/mol. The molecule has 4 aromatic carbocycles. The molecule has 0 spiro atoms. The minimum absolute atomic E-state index is 0.0504. The van der Waals surface area contributed by atoms with Gasteiger partial charge in [-0.2, -0.15) is 4.31 Å². The summed E-state index contributed by atoms with van der Waals surface area (Å²) in [5, 5.41) is 0. The van der Waals surface area contributed by atoms with Crippen molar-refractivity contribution < 1.29 is 22.4 Å². The summed E-state index contributed by atoms with van der Waals surface area (Å²) in [4.78, 5) is 32.5. The zero-order valence-corrected chi connectivity index (χ0v) is 22.4. The van der Waals surface area contributed by atoms with Crippen LogP contribution in [0.25, 0.3) is 22.6 Å². The molecule has 5 aromatic rings. The molecule has 8 nitrogen and oxygen atoms in total. The van der Waals surface area contributed by atoms with Gasteiger partial charge in [-0.15, -0.1) is 0 Å². The molecule has 0 bridgehead atoms. The molecule has 6 rings (SSSR count). The van der Waals surface area contributed by atoms with Gasteiger partial charge in [0.25, 0.3) is 5.91 Å². The summed E-state index contributed by atoms with van der Waals surface area (Å²) in [5.41, 5.74) is 4.03. The van der Waals surface area contributed by atoms with Crippen molar-refractivity contribution in [1.82, 2.24) is 9.29 Å². The standard InChI is InChI=1S/C31H25N3O5S/c1-21-11-17-25(18-12-21)40(37,38)33(20-22-7-3-2-4-8-22)27-19-29(35)34(31(27)36)24-15-13-23(14-16-24)30-32-26-9-5-6-10-28(26)39-30/h2-18,27H,19-20H2,1H3. The van der Waals surface area contributed by atoms with Gasteiger partial charge in [-0.05, 0) is 61.0 Å². The Labute approximate surface area is 231 Å². The van der Waals surface area contributed by atoms with Crippen LogP contribution in [0.5, 0.6) is 0 Å². The van der Waals surface area contributed by atoms with E-state index < -0.39 is 27.9 Å². The lowest BCUT2D eigenvalue weighted by atomic mass is 10.2. The number of benzene rings is 4. The molecule has 1 aliphatic rings. The lowest BCUT2D eigenvalue weighted by Gasteiger charge is -2.27. The van der Waals surface area contributed by atoms with Crippen LogP contribution in [0.3, 0.4) is 0 Å². The predicted molar refractivity (Wildman–Crippen MR) is 151 cm³/mol. The quantitative estimate of drug-likeness (QED) is 0.254. The molecule has 1 saturated heterocycles. The zero-order valence-electron chi connectivity index (χ0n) is 21.6. The second-order valence-corrected chi connectivity index (χ2v) is 11.6. The van der Waals surface area contributed by atoms with Crippen LogP contribution in [0, 0.1) is 6.92 Å². The summed E-state index contributed by atoms with van der Waals surface area (Å²) in [6.45, 7) is 1.82. The number of amides is 2. The Bertz CT molecular complexity index is 1780. The number of fused-ring (bicyclic) bond motifs is 1. The van der Waals surface area contributed by atoms with E-state index in [-0.39, 0.29) is 17.9 Å². The minimum Gasteiger partial charge on any atom is -0.436 e. The van der Waals surface area contributed by atoms with Gasteiger partial charge in [0.15, 0.2) is 5.58 Å². The highest BCUT2D eigenvalue weighted by Gasteiger charge is 2.47. The van der Waals surface area contributed by atoms with Gasteiger partial charge in [0.05, 0.1) is 17.0 Å². The van der Waals surface area contributed by atoms with Crippen molar-refractivity contribution in [3.63, 3.8) is 0 Å². The van der Waals surface area contributed by atoms with E-state index >= 15 is 0 Å². The second-order valence-electron chi connectivity index (χ2n) is 9.67. The first-order valence-corrected chi connectivity index (χ1v) is 14.2. The Morgan fingerprint density at radius 2 is 1.55 bits per heavy atom. The van der Waals surface area contributed by atoms with Crippen LogP contribution in [0.15, 0.2) is 112 Å². The van der Waals surface area contributed by atoms with E-state index in [4.69, 9.17) is 4.42 Å². The van der Waals surface area contributed by atoms with Gasteiger partial charge in [-0.3, -0.25) is 9.59 Å². The molecule has 9 heteroatoms. The SMILES string of the molecule is Cc1ccc(S(=O)(=O)N(Cc2ccccc2)C2CC(=O)N(c3ccc(-c4nc5ccccc5o4)cc3)C2=O)cc1. The maximum Gasteiger partial charge on any atom is 0.252 e. The average Bonchev–Trinajstić information content (AvgIpc) is 3.53. The number of sulfonamides is 1. The molecule has 200 valence electrons. The third-order valence-corrected chi connectivity index (χ3v) is 8.81. The molecule has 1 aliphatic heterocycles. The molecule has 40 heavy (non-hydrogen) atoms. The number of hydrogen-bond acceptors (Lipinski definition) is 6. The van der Waals surface area contributed by atoms with Crippen LogP contribution in [0.4, 0.5) is 5.69 Å². The smallest absolute Gasteiger partial charge is 0.252 e. The van der Waals surface area contributed by atoms with Crippen LogP contribution in [0.2, 0.25) is 0 Å². The topological polar surface area (TPSA) is 101 Å². The van der Waals surface area contributed by atoms with Gasteiger partial charge in [-0.25, -0.2) is 18.3 Å². The van der Waals surface area contributed by atoms with E-state index in [1.165, 1.54) is 12.1 Å². The fourth-order valence-electron chi connectivity index (χ4n) is 4.83. The van der Waals surface area contributed by atoms with Crippen molar-refractivity contribution in [2.24, 2.45) is 0 Å². The van der Waals surface area contributed by atoms with Gasteiger partial charge >= 0.3 is 0 Å². The third-order valence-electron chi connectivity index (χ3n) is 6.95. The second kappa shape index (κ2) is 10.2. The number of aryl methyl sites for hydroxylation is 1. The van der Waals surface area contributed by atoms with Crippen LogP contribution >= 0.6 is 0 Å². The molecular formula is C31H25N3O5S. The van der Waals surface area contributed by atoms with Crippen molar-refractivity contribution in [1.29, 1.82) is 0 Å². The van der Waals surface area contributed by atoms with Crippen LogP contribution in [-0.2, 0) is 26.2 Å². The molecule has 0 saturated carbocycles. The van der Waals surface area contributed by atoms with Gasteiger partial charge in [-0.1, -0.05) is 60.2 Å². The fraction of sp³-hybridized carbons (Fsp3) is 0.129. The van der Waals surface area contributed by atoms with Crippen molar-refractivity contribution in [2.45, 2.75) is 30.8 Å². The van der Waals surface area contributed by atoms with Gasteiger partial charge < -0.3 is 4.42 Å². The van der Waals surface area contributed by atoms with Gasteiger partial charge in [0.1, 0.15) is 11.6 Å². The van der Waals surface area contributed by atoms with Gasteiger partial charge in [0.2, 0.25) is 21.8 Å². The van der Waals surface area contributed by atoms with Crippen molar-refractivity contribution in [3.05, 3.63) is 114 Å². The number of para-hydroxylation sites is 2. The van der Waals surface area contributed by atoms with E-state index in [0.29, 0.717) is 28.3 Å². The number of imide groups is 1. The molecule has 2 heterocycles. The lowest BCUT2D eigenvalue weighted by Crippen LogP contribution is -2.45. The number of carbonyl (C=O) groups is 2. The Morgan fingerprint density at radius 1 is 0.875 bits per heavy atom. The monoisotopic (exact) mass is 551 g/mol. The number of anilines is 1. The molecule has 0 N–H and O–H groups in total. The Morgan fingerprint density at radius 3 is 2.25 bits per heavy atom. The summed E-state index contributed by atoms with van der Waals surface area (Å²) >= 11 is 0. The van der Waals surface area contributed by atoms with Crippen LogP contribution in [-0.4, -0.2) is 35.6 Å². The third kappa shape index (κ3) is 4.70. The Kier molecular flexibility index (Phi) is 6.53. The van der Waals surface area contributed by atoms with Gasteiger partial charge in [0, 0.05) is 12.1 Å². The highest BCUT2D eigenvalue weighted by molar-refractivity contribution is 7.89. The molecule has 0 aliphatic carbocycles. The normalized spacial score (nSPS) is 15.8. The lowest BCUT2D eigenvalue weighted by molar-refractivity contribution is -0.122. The molecule has 1 atom stereocenters. The largest absolute Gasteiger partial charge is 0.436 e. The minimum atomic E-state index is -4.10. The van der Waals surface area contributed by atoms with E-state index in [2.05, 4.69) is 4.98 Å². The zero-order chi connectivity index (χ0) is 27.9. The Balaban J connectivity index is 1.32. The number of aromatic nitrogens is 1. The molecule has 0 radical (unpaired) electrons. The maximum absolute atomic E-state index is 13.8. The van der Waals surface area contributed by atoms with E-state index in [0.717, 1.165) is 20.3 Å². The number of rotatable bonds is 7. The molecule has 1 aromatic heterocycles. The number of nitrogens with zero attached hydrogens (tertiary/aromatic N) is 3.